The standard InChI is InChI=1S/C29H40O4Si/c1-4-34(5-2,6-3)33-28-23-31-29(19-11-8-12-20-29)32-27(28)21-24-15-17-26(18-16-24)30-22-25-13-9-7-10-14-25/h7,9-10,13-18H,4-6,8,11-12,19-23H2,1-3H3. The molecule has 1 fully saturated rings. The predicted octanol–water partition coefficient (Wildman–Crippen LogP) is 7.75. The smallest absolute Gasteiger partial charge is 0.250 e. The lowest BCUT2D eigenvalue weighted by atomic mass is 9.93. The Morgan fingerprint density at radius 1 is 0.824 bits per heavy atom. The largest absolute Gasteiger partial charge is 0.543 e. The van der Waals surface area contributed by atoms with Gasteiger partial charge in [0.15, 0.2) is 0 Å². The molecule has 0 aromatic heterocycles. The molecule has 1 spiro atoms. The Hall–Kier alpha value is -2.24. The number of ether oxygens (including phenoxy) is 3. The highest BCUT2D eigenvalue weighted by Crippen LogP contribution is 2.40. The molecule has 34 heavy (non-hydrogen) atoms. The van der Waals surface area contributed by atoms with E-state index in [1.807, 2.05) is 18.2 Å². The number of rotatable bonds is 10. The molecule has 2 aromatic carbocycles. The first-order chi connectivity index (χ1) is 16.6. The summed E-state index contributed by atoms with van der Waals surface area (Å²) in [4.78, 5) is 0. The molecule has 1 aliphatic carbocycles. The molecule has 2 aromatic rings. The Bertz CT molecular complexity index is 920. The molecule has 1 heterocycles. The van der Waals surface area contributed by atoms with Crippen molar-refractivity contribution in [2.75, 3.05) is 6.61 Å². The van der Waals surface area contributed by atoms with E-state index in [4.69, 9.17) is 18.6 Å². The van der Waals surface area contributed by atoms with Crippen molar-refractivity contribution in [3.8, 4) is 5.75 Å². The maximum absolute atomic E-state index is 6.80. The summed E-state index contributed by atoms with van der Waals surface area (Å²) < 4.78 is 25.8. The van der Waals surface area contributed by atoms with E-state index in [9.17, 15) is 0 Å². The van der Waals surface area contributed by atoms with Crippen molar-refractivity contribution in [2.45, 2.75) is 89.8 Å². The third-order valence-electron chi connectivity index (χ3n) is 7.51. The fourth-order valence-electron chi connectivity index (χ4n) is 5.00. The van der Waals surface area contributed by atoms with Gasteiger partial charge in [0.25, 0.3) is 0 Å². The first kappa shape index (κ1) is 24.9. The molecule has 0 unspecified atom stereocenters. The molecule has 5 heteroatoms. The summed E-state index contributed by atoms with van der Waals surface area (Å²) in [5, 5.41) is 0. The number of hydrogen-bond acceptors (Lipinski definition) is 4. The van der Waals surface area contributed by atoms with Crippen LogP contribution >= 0.6 is 0 Å². The molecule has 4 rings (SSSR count). The lowest BCUT2D eigenvalue weighted by Gasteiger charge is -2.43. The second kappa shape index (κ2) is 11.5. The van der Waals surface area contributed by atoms with Crippen molar-refractivity contribution >= 4 is 8.32 Å². The third-order valence-corrected chi connectivity index (χ3v) is 12.1. The molecule has 1 aliphatic heterocycles. The molecule has 0 saturated heterocycles. The summed E-state index contributed by atoms with van der Waals surface area (Å²) in [5.41, 5.74) is 2.37. The van der Waals surface area contributed by atoms with E-state index in [0.29, 0.717) is 13.2 Å². The van der Waals surface area contributed by atoms with Crippen LogP contribution in [-0.2, 0) is 26.9 Å². The zero-order chi connectivity index (χ0) is 23.9. The molecular formula is C29H40O4Si. The monoisotopic (exact) mass is 480 g/mol. The van der Waals surface area contributed by atoms with Gasteiger partial charge in [0, 0.05) is 19.3 Å². The minimum absolute atomic E-state index is 0.464. The fraction of sp³-hybridized carbons (Fsp3) is 0.517. The van der Waals surface area contributed by atoms with Crippen LogP contribution < -0.4 is 4.74 Å². The highest BCUT2D eigenvalue weighted by Gasteiger charge is 2.42. The lowest BCUT2D eigenvalue weighted by molar-refractivity contribution is -0.247. The van der Waals surface area contributed by atoms with Crippen molar-refractivity contribution in [3.63, 3.8) is 0 Å². The topological polar surface area (TPSA) is 36.9 Å². The van der Waals surface area contributed by atoms with Crippen LogP contribution in [0.15, 0.2) is 66.1 Å². The van der Waals surface area contributed by atoms with Crippen LogP contribution in [0.25, 0.3) is 0 Å². The summed E-state index contributed by atoms with van der Waals surface area (Å²) in [6.07, 6.45) is 6.24. The Morgan fingerprint density at radius 2 is 1.50 bits per heavy atom. The molecule has 184 valence electrons. The quantitative estimate of drug-likeness (QED) is 0.326. The van der Waals surface area contributed by atoms with Gasteiger partial charge in [0.05, 0.1) is 0 Å². The summed E-state index contributed by atoms with van der Waals surface area (Å²) in [6.45, 7) is 7.90. The molecule has 2 aliphatic rings. The molecule has 0 N–H and O–H groups in total. The van der Waals surface area contributed by atoms with E-state index in [1.54, 1.807) is 0 Å². The maximum atomic E-state index is 6.80. The normalized spacial score (nSPS) is 18.0. The second-order valence-electron chi connectivity index (χ2n) is 9.65. The minimum atomic E-state index is -1.81. The van der Waals surface area contributed by atoms with Gasteiger partial charge in [0.2, 0.25) is 14.1 Å². The van der Waals surface area contributed by atoms with Crippen molar-refractivity contribution < 1.29 is 18.6 Å². The van der Waals surface area contributed by atoms with Gasteiger partial charge < -0.3 is 18.6 Å². The second-order valence-corrected chi connectivity index (χ2v) is 14.3. The van der Waals surface area contributed by atoms with Gasteiger partial charge in [0.1, 0.15) is 30.5 Å². The van der Waals surface area contributed by atoms with E-state index in [1.165, 1.54) is 17.5 Å². The Labute approximate surface area is 206 Å². The molecule has 0 atom stereocenters. The van der Waals surface area contributed by atoms with Crippen LogP contribution in [0.5, 0.6) is 5.75 Å². The average Bonchev–Trinajstić information content (AvgIpc) is 2.89. The number of benzene rings is 2. The highest BCUT2D eigenvalue weighted by atomic mass is 28.4. The summed E-state index contributed by atoms with van der Waals surface area (Å²) in [7, 11) is -1.81. The Balaban J connectivity index is 1.50. The molecule has 0 radical (unpaired) electrons. The van der Waals surface area contributed by atoms with Gasteiger partial charge in [-0.3, -0.25) is 0 Å². The van der Waals surface area contributed by atoms with E-state index >= 15 is 0 Å². The molecule has 0 amide bonds. The van der Waals surface area contributed by atoms with E-state index in [0.717, 1.165) is 67.5 Å². The van der Waals surface area contributed by atoms with Crippen LogP contribution in [0.2, 0.25) is 18.1 Å². The third kappa shape index (κ3) is 6.05. The Morgan fingerprint density at radius 3 is 2.15 bits per heavy atom. The van der Waals surface area contributed by atoms with E-state index in [-0.39, 0.29) is 0 Å². The van der Waals surface area contributed by atoms with Gasteiger partial charge in [-0.1, -0.05) is 69.7 Å². The van der Waals surface area contributed by atoms with Gasteiger partial charge >= 0.3 is 0 Å². The van der Waals surface area contributed by atoms with Crippen LogP contribution in [0.1, 0.15) is 64.0 Å². The zero-order valence-electron chi connectivity index (χ0n) is 21.1. The predicted molar refractivity (Wildman–Crippen MR) is 139 cm³/mol. The van der Waals surface area contributed by atoms with E-state index in [2.05, 4.69) is 57.2 Å². The van der Waals surface area contributed by atoms with Crippen LogP contribution in [-0.4, -0.2) is 20.7 Å². The van der Waals surface area contributed by atoms with Crippen LogP contribution in [0.3, 0.4) is 0 Å². The van der Waals surface area contributed by atoms with Gasteiger partial charge in [-0.25, -0.2) is 0 Å². The first-order valence-corrected chi connectivity index (χ1v) is 15.6. The first-order valence-electron chi connectivity index (χ1n) is 13.1. The van der Waals surface area contributed by atoms with Crippen molar-refractivity contribution in [2.24, 2.45) is 0 Å². The number of hydrogen-bond donors (Lipinski definition) is 0. The fourth-order valence-corrected chi connectivity index (χ4v) is 7.63. The van der Waals surface area contributed by atoms with Crippen molar-refractivity contribution in [1.82, 2.24) is 0 Å². The van der Waals surface area contributed by atoms with Crippen molar-refractivity contribution in [3.05, 3.63) is 77.2 Å². The molecular weight excluding hydrogens is 440 g/mol. The zero-order valence-corrected chi connectivity index (χ0v) is 22.1. The summed E-state index contributed by atoms with van der Waals surface area (Å²) in [5.74, 6) is 2.31. The van der Waals surface area contributed by atoms with E-state index < -0.39 is 14.1 Å². The van der Waals surface area contributed by atoms with Crippen LogP contribution in [0, 0.1) is 0 Å². The van der Waals surface area contributed by atoms with Crippen molar-refractivity contribution in [1.29, 1.82) is 0 Å². The average molecular weight is 481 g/mol. The van der Waals surface area contributed by atoms with Crippen LogP contribution in [0.4, 0.5) is 0 Å². The molecule has 0 bridgehead atoms. The highest BCUT2D eigenvalue weighted by molar-refractivity contribution is 6.73. The molecule has 1 saturated carbocycles. The SMILES string of the molecule is CC[Si](CC)(CC)OC1=C(Cc2ccc(OCc3ccccc3)cc2)OC2(CCCCC2)OC1. The Kier molecular flexibility index (Phi) is 8.38. The van der Waals surface area contributed by atoms with Gasteiger partial charge in [-0.05, 0) is 54.2 Å². The van der Waals surface area contributed by atoms with Gasteiger partial charge in [-0.2, -0.15) is 0 Å². The lowest BCUT2D eigenvalue weighted by Crippen LogP contribution is -2.44. The summed E-state index contributed by atoms with van der Waals surface area (Å²) >= 11 is 0. The number of allylic oxidation sites excluding steroid dienone is 1. The van der Waals surface area contributed by atoms with Gasteiger partial charge in [-0.15, -0.1) is 0 Å². The maximum Gasteiger partial charge on any atom is 0.250 e. The molecule has 4 nitrogen and oxygen atoms in total. The summed E-state index contributed by atoms with van der Waals surface area (Å²) in [6, 6.07) is 22.0. The minimum Gasteiger partial charge on any atom is -0.543 e.